The van der Waals surface area contributed by atoms with Gasteiger partial charge in [0.1, 0.15) is 0 Å². The third kappa shape index (κ3) is 2.89. The summed E-state index contributed by atoms with van der Waals surface area (Å²) in [4.78, 5) is 0. The van der Waals surface area contributed by atoms with E-state index >= 15 is 0 Å². The lowest BCUT2D eigenvalue weighted by molar-refractivity contribution is 0.347. The molecule has 98 valence electrons. The molecule has 0 saturated carbocycles. The Bertz CT molecular complexity index is 480. The number of hydrogen-bond acceptors (Lipinski definition) is 6. The summed E-state index contributed by atoms with van der Waals surface area (Å²) in [7, 11) is 0. The fourth-order valence-corrected chi connectivity index (χ4v) is 1.41. The fourth-order valence-electron chi connectivity index (χ4n) is 1.41. The molecule has 0 aromatic carbocycles. The van der Waals surface area contributed by atoms with Gasteiger partial charge in [0.2, 0.25) is 0 Å². The number of hydrogen-bond donors (Lipinski definition) is 2. The van der Waals surface area contributed by atoms with Crippen LogP contribution < -0.4 is 5.32 Å². The maximum atomic E-state index is 4.12. The maximum absolute atomic E-state index is 4.12. The van der Waals surface area contributed by atoms with E-state index in [0.29, 0.717) is 12.4 Å². The third-order valence-electron chi connectivity index (χ3n) is 2.57. The minimum atomic E-state index is -0.0511. The van der Waals surface area contributed by atoms with Gasteiger partial charge in [-0.05, 0) is 27.7 Å². The van der Waals surface area contributed by atoms with E-state index in [1.165, 1.54) is 0 Å². The molecule has 0 aliphatic heterocycles. The van der Waals surface area contributed by atoms with Crippen molar-refractivity contribution < 1.29 is 0 Å². The molecule has 0 aliphatic rings. The molecule has 1 unspecified atom stereocenters. The largest absolute Gasteiger partial charge is 0.302 e. The highest BCUT2D eigenvalue weighted by Gasteiger charge is 2.16. The van der Waals surface area contributed by atoms with Crippen LogP contribution in [-0.2, 0) is 12.1 Å². The first-order valence-corrected chi connectivity index (χ1v) is 5.85. The Labute approximate surface area is 105 Å². The van der Waals surface area contributed by atoms with E-state index in [4.69, 9.17) is 0 Å². The summed E-state index contributed by atoms with van der Waals surface area (Å²) in [5.74, 6) is 0.637. The van der Waals surface area contributed by atoms with Crippen LogP contribution in [0, 0.1) is 0 Å². The zero-order chi connectivity index (χ0) is 13.2. The first-order chi connectivity index (χ1) is 8.47. The molecular formula is C10H18N8. The Morgan fingerprint density at radius 1 is 1.39 bits per heavy atom. The smallest absolute Gasteiger partial charge is 0.191 e. The highest BCUT2D eigenvalue weighted by Crippen LogP contribution is 2.12. The highest BCUT2D eigenvalue weighted by atomic mass is 15.5. The number of rotatable bonds is 4. The Morgan fingerprint density at radius 2 is 2.17 bits per heavy atom. The molecule has 0 aliphatic carbocycles. The maximum Gasteiger partial charge on any atom is 0.191 e. The molecule has 2 aromatic rings. The van der Waals surface area contributed by atoms with E-state index in [0.717, 1.165) is 5.69 Å². The van der Waals surface area contributed by atoms with Crippen molar-refractivity contribution >= 4 is 0 Å². The average molecular weight is 250 g/mol. The third-order valence-corrected chi connectivity index (χ3v) is 2.57. The van der Waals surface area contributed by atoms with E-state index in [-0.39, 0.29) is 11.6 Å². The molecule has 0 radical (unpaired) electrons. The second-order valence-electron chi connectivity index (χ2n) is 5.20. The zero-order valence-electron chi connectivity index (χ0n) is 11.0. The molecule has 0 fully saturated rings. The number of nitrogens with one attached hydrogen (secondary N) is 2. The van der Waals surface area contributed by atoms with E-state index in [2.05, 4.69) is 57.0 Å². The summed E-state index contributed by atoms with van der Waals surface area (Å²) in [6.07, 6.45) is 1.94. The molecule has 2 rings (SSSR count). The fraction of sp³-hybridized carbons (Fsp3) is 0.700. The summed E-state index contributed by atoms with van der Waals surface area (Å²) in [6, 6.07) is 0.0172. The first kappa shape index (κ1) is 12.6. The van der Waals surface area contributed by atoms with Gasteiger partial charge in [-0.3, -0.25) is 0 Å². The number of nitrogens with zero attached hydrogens (tertiary/aromatic N) is 6. The van der Waals surface area contributed by atoms with Gasteiger partial charge in [0.05, 0.1) is 23.5 Å². The molecule has 0 spiro atoms. The molecule has 2 N–H and O–H groups in total. The number of H-pyrrole nitrogens is 1. The van der Waals surface area contributed by atoms with Gasteiger partial charge in [-0.25, -0.2) is 4.68 Å². The number of tetrazole rings is 1. The second-order valence-corrected chi connectivity index (χ2v) is 5.20. The van der Waals surface area contributed by atoms with Crippen molar-refractivity contribution in [3.05, 3.63) is 17.7 Å². The Morgan fingerprint density at radius 3 is 2.72 bits per heavy atom. The normalized spacial score (nSPS) is 13.8. The van der Waals surface area contributed by atoms with E-state index < -0.39 is 0 Å². The summed E-state index contributed by atoms with van der Waals surface area (Å²) < 4.78 is 1.85. The molecule has 1 atom stereocenters. The molecule has 0 amide bonds. The van der Waals surface area contributed by atoms with Crippen molar-refractivity contribution in [2.45, 2.75) is 45.8 Å². The van der Waals surface area contributed by atoms with Crippen LogP contribution >= 0.6 is 0 Å². The van der Waals surface area contributed by atoms with Gasteiger partial charge in [0.25, 0.3) is 0 Å². The topological polar surface area (TPSA) is 97.2 Å². The van der Waals surface area contributed by atoms with E-state index in [9.17, 15) is 0 Å². The molecular weight excluding hydrogens is 232 g/mol. The van der Waals surface area contributed by atoms with Crippen LogP contribution in [0.3, 0.4) is 0 Å². The van der Waals surface area contributed by atoms with Crippen LogP contribution in [0.5, 0.6) is 0 Å². The Balaban J connectivity index is 1.93. The van der Waals surface area contributed by atoms with Gasteiger partial charge in [-0.2, -0.15) is 5.21 Å². The van der Waals surface area contributed by atoms with Crippen molar-refractivity contribution in [1.82, 2.24) is 40.9 Å². The van der Waals surface area contributed by atoms with Gasteiger partial charge in [0, 0.05) is 6.54 Å². The highest BCUT2D eigenvalue weighted by molar-refractivity contribution is 4.96. The molecule has 0 saturated heterocycles. The molecule has 18 heavy (non-hydrogen) atoms. The van der Waals surface area contributed by atoms with Crippen molar-refractivity contribution in [1.29, 1.82) is 0 Å². The van der Waals surface area contributed by atoms with Crippen molar-refractivity contribution in [2.75, 3.05) is 0 Å². The minimum absolute atomic E-state index is 0.0172. The summed E-state index contributed by atoms with van der Waals surface area (Å²) in [6.45, 7) is 8.84. The lowest BCUT2D eigenvalue weighted by atomic mass is 10.1. The first-order valence-electron chi connectivity index (χ1n) is 5.85. The standard InChI is InChI=1S/C10H18N8/c1-7(9-13-15-16-14-9)11-5-8-6-18(17-12-8)10(2,3)4/h6-7,11H,5H2,1-4H3,(H,13,14,15,16). The molecule has 0 bridgehead atoms. The van der Waals surface area contributed by atoms with Gasteiger partial charge >= 0.3 is 0 Å². The molecule has 8 nitrogen and oxygen atoms in total. The lowest BCUT2D eigenvalue weighted by Crippen LogP contribution is -2.22. The van der Waals surface area contributed by atoms with E-state index in [1.807, 2.05) is 17.8 Å². The quantitative estimate of drug-likeness (QED) is 0.815. The van der Waals surface area contributed by atoms with Crippen molar-refractivity contribution in [3.63, 3.8) is 0 Å². The van der Waals surface area contributed by atoms with Crippen molar-refractivity contribution in [3.8, 4) is 0 Å². The molecule has 2 aromatic heterocycles. The van der Waals surface area contributed by atoms with Crippen LogP contribution in [0.1, 0.15) is 45.3 Å². The average Bonchev–Trinajstić information content (AvgIpc) is 2.96. The van der Waals surface area contributed by atoms with Crippen LogP contribution in [0.4, 0.5) is 0 Å². The summed E-state index contributed by atoms with van der Waals surface area (Å²) in [5, 5.41) is 25.3. The Kier molecular flexibility index (Phi) is 3.37. The van der Waals surface area contributed by atoms with Gasteiger partial charge < -0.3 is 5.32 Å². The SMILES string of the molecule is CC(NCc1cn(C(C)(C)C)nn1)c1nn[nH]n1. The van der Waals surface area contributed by atoms with Crippen molar-refractivity contribution in [2.24, 2.45) is 0 Å². The summed E-state index contributed by atoms with van der Waals surface area (Å²) in [5.41, 5.74) is 0.838. The van der Waals surface area contributed by atoms with Crippen LogP contribution in [0.2, 0.25) is 0 Å². The number of aromatic nitrogens is 7. The van der Waals surface area contributed by atoms with Crippen LogP contribution in [0.15, 0.2) is 6.20 Å². The monoisotopic (exact) mass is 250 g/mol. The van der Waals surface area contributed by atoms with Gasteiger partial charge in [-0.15, -0.1) is 15.3 Å². The number of aromatic amines is 1. The minimum Gasteiger partial charge on any atom is -0.302 e. The second kappa shape index (κ2) is 4.81. The zero-order valence-corrected chi connectivity index (χ0v) is 11.0. The van der Waals surface area contributed by atoms with Crippen LogP contribution in [0.25, 0.3) is 0 Å². The lowest BCUT2D eigenvalue weighted by Gasteiger charge is -2.17. The summed E-state index contributed by atoms with van der Waals surface area (Å²) >= 11 is 0. The van der Waals surface area contributed by atoms with Gasteiger partial charge in [-0.1, -0.05) is 10.4 Å². The van der Waals surface area contributed by atoms with Gasteiger partial charge in [0.15, 0.2) is 5.82 Å². The Hall–Kier alpha value is -1.83. The van der Waals surface area contributed by atoms with E-state index in [1.54, 1.807) is 0 Å². The predicted octanol–water partition coefficient (Wildman–Crippen LogP) is 0.397. The molecule has 8 heteroatoms. The molecule has 2 heterocycles. The van der Waals surface area contributed by atoms with Crippen LogP contribution in [-0.4, -0.2) is 35.6 Å². The predicted molar refractivity (Wildman–Crippen MR) is 64.5 cm³/mol.